The van der Waals surface area contributed by atoms with Crippen molar-refractivity contribution < 1.29 is 9.21 Å². The maximum absolute atomic E-state index is 11.9. The molecule has 0 fully saturated rings. The maximum atomic E-state index is 11.9. The second kappa shape index (κ2) is 6.82. The van der Waals surface area contributed by atoms with Gasteiger partial charge in [0.1, 0.15) is 11.5 Å². The molecular weight excluding hydrogens is 297 g/mol. The summed E-state index contributed by atoms with van der Waals surface area (Å²) in [6.45, 7) is 2.02. The topological polar surface area (TPSA) is 42.2 Å². The van der Waals surface area contributed by atoms with Crippen LogP contribution in [0, 0.1) is 0 Å². The smallest absolute Gasteiger partial charge is 0.224 e. The van der Waals surface area contributed by atoms with Gasteiger partial charge in [-0.15, -0.1) is 0 Å². The van der Waals surface area contributed by atoms with Crippen LogP contribution in [0.5, 0.6) is 0 Å². The summed E-state index contributed by atoms with van der Waals surface area (Å²) in [6.07, 6.45) is 1.74. The van der Waals surface area contributed by atoms with Gasteiger partial charge in [0.25, 0.3) is 0 Å². The van der Waals surface area contributed by atoms with Crippen LogP contribution >= 0.6 is 23.2 Å². The summed E-state index contributed by atoms with van der Waals surface area (Å²) >= 11 is 11.9. The van der Waals surface area contributed by atoms with Crippen LogP contribution in [-0.4, -0.2) is 5.91 Å². The number of carbonyl (C=O) groups is 1. The molecule has 1 amide bonds. The summed E-state index contributed by atoms with van der Waals surface area (Å²) in [5.41, 5.74) is 0.526. The SMILES string of the molecule is CCc1ccc(CCC(=O)Nc2cc(Cl)ccc2Cl)o1. The lowest BCUT2D eigenvalue weighted by Crippen LogP contribution is -2.12. The molecule has 1 aromatic carbocycles. The minimum Gasteiger partial charge on any atom is -0.466 e. The van der Waals surface area contributed by atoms with E-state index in [-0.39, 0.29) is 5.91 Å². The summed E-state index contributed by atoms with van der Waals surface area (Å²) in [4.78, 5) is 11.9. The number of amides is 1. The number of aryl methyl sites for hydroxylation is 2. The van der Waals surface area contributed by atoms with Gasteiger partial charge in [-0.05, 0) is 30.3 Å². The Labute approximate surface area is 127 Å². The fourth-order valence-electron chi connectivity index (χ4n) is 1.79. The van der Waals surface area contributed by atoms with Crippen molar-refractivity contribution >= 4 is 34.8 Å². The molecule has 1 N–H and O–H groups in total. The average Bonchev–Trinajstić information content (AvgIpc) is 2.89. The third-order valence-corrected chi connectivity index (χ3v) is 3.43. The van der Waals surface area contributed by atoms with Crippen molar-refractivity contribution in [2.75, 3.05) is 5.32 Å². The average molecular weight is 312 g/mol. The molecule has 0 aliphatic carbocycles. The predicted octanol–water partition coefficient (Wildman–Crippen LogP) is 4.72. The minimum absolute atomic E-state index is 0.122. The lowest BCUT2D eigenvalue weighted by molar-refractivity contribution is -0.116. The van der Waals surface area contributed by atoms with Crippen LogP contribution in [0.25, 0.3) is 0 Å². The molecule has 5 heteroatoms. The third-order valence-electron chi connectivity index (χ3n) is 2.87. The number of anilines is 1. The number of nitrogens with one attached hydrogen (secondary N) is 1. The van der Waals surface area contributed by atoms with Gasteiger partial charge in [0.05, 0.1) is 10.7 Å². The van der Waals surface area contributed by atoms with E-state index >= 15 is 0 Å². The lowest BCUT2D eigenvalue weighted by Gasteiger charge is -2.07. The zero-order valence-corrected chi connectivity index (χ0v) is 12.6. The zero-order chi connectivity index (χ0) is 14.5. The highest BCUT2D eigenvalue weighted by atomic mass is 35.5. The van der Waals surface area contributed by atoms with Crippen LogP contribution in [0.2, 0.25) is 10.0 Å². The highest BCUT2D eigenvalue weighted by Crippen LogP contribution is 2.25. The normalized spacial score (nSPS) is 10.6. The molecular formula is C15H15Cl2NO2. The van der Waals surface area contributed by atoms with Gasteiger partial charge in [-0.1, -0.05) is 30.1 Å². The van der Waals surface area contributed by atoms with E-state index in [0.717, 1.165) is 17.9 Å². The largest absolute Gasteiger partial charge is 0.466 e. The van der Waals surface area contributed by atoms with Crippen LogP contribution in [0.3, 0.4) is 0 Å². The van der Waals surface area contributed by atoms with E-state index < -0.39 is 0 Å². The maximum Gasteiger partial charge on any atom is 0.224 e. The highest BCUT2D eigenvalue weighted by Gasteiger charge is 2.08. The summed E-state index contributed by atoms with van der Waals surface area (Å²) in [5, 5.41) is 3.74. The second-order valence-corrected chi connectivity index (χ2v) is 5.24. The van der Waals surface area contributed by atoms with Gasteiger partial charge < -0.3 is 9.73 Å². The number of benzene rings is 1. The quantitative estimate of drug-likeness (QED) is 0.868. The van der Waals surface area contributed by atoms with Gasteiger partial charge >= 0.3 is 0 Å². The summed E-state index contributed by atoms with van der Waals surface area (Å²) in [5.74, 6) is 1.62. The molecule has 0 spiro atoms. The molecule has 0 bridgehead atoms. The van der Waals surface area contributed by atoms with Crippen molar-refractivity contribution in [3.8, 4) is 0 Å². The van der Waals surface area contributed by atoms with E-state index in [4.69, 9.17) is 27.6 Å². The fourth-order valence-corrected chi connectivity index (χ4v) is 2.13. The molecule has 1 aromatic heterocycles. The molecule has 0 aliphatic heterocycles. The number of rotatable bonds is 5. The number of carbonyl (C=O) groups excluding carboxylic acids is 1. The van der Waals surface area contributed by atoms with Crippen molar-refractivity contribution in [2.24, 2.45) is 0 Å². The van der Waals surface area contributed by atoms with Crippen molar-refractivity contribution in [3.05, 3.63) is 51.9 Å². The molecule has 0 atom stereocenters. The Bertz CT molecular complexity index is 608. The van der Waals surface area contributed by atoms with Gasteiger partial charge in [-0.2, -0.15) is 0 Å². The monoisotopic (exact) mass is 311 g/mol. The Morgan fingerprint density at radius 3 is 2.65 bits per heavy atom. The first-order valence-corrected chi connectivity index (χ1v) is 7.16. The van der Waals surface area contributed by atoms with Crippen LogP contribution in [-0.2, 0) is 17.6 Å². The molecule has 3 nitrogen and oxygen atoms in total. The Balaban J connectivity index is 1.90. The minimum atomic E-state index is -0.122. The van der Waals surface area contributed by atoms with Crippen LogP contribution in [0.4, 0.5) is 5.69 Å². The van der Waals surface area contributed by atoms with E-state index in [0.29, 0.717) is 28.6 Å². The van der Waals surface area contributed by atoms with E-state index in [1.54, 1.807) is 18.2 Å². The first kappa shape index (κ1) is 14.9. The molecule has 106 valence electrons. The number of hydrogen-bond donors (Lipinski definition) is 1. The molecule has 2 rings (SSSR count). The first-order valence-electron chi connectivity index (χ1n) is 6.41. The van der Waals surface area contributed by atoms with Gasteiger partial charge in [-0.3, -0.25) is 4.79 Å². The van der Waals surface area contributed by atoms with E-state index in [1.165, 1.54) is 0 Å². The number of halogens is 2. The van der Waals surface area contributed by atoms with E-state index in [1.807, 2.05) is 19.1 Å². The summed E-state index contributed by atoms with van der Waals surface area (Å²) in [7, 11) is 0. The van der Waals surface area contributed by atoms with Crippen molar-refractivity contribution in [2.45, 2.75) is 26.2 Å². The zero-order valence-electron chi connectivity index (χ0n) is 11.1. The first-order chi connectivity index (χ1) is 9.58. The summed E-state index contributed by atoms with van der Waals surface area (Å²) in [6, 6.07) is 8.79. The second-order valence-electron chi connectivity index (χ2n) is 4.39. The van der Waals surface area contributed by atoms with Crippen molar-refractivity contribution in [3.63, 3.8) is 0 Å². The van der Waals surface area contributed by atoms with Crippen molar-refractivity contribution in [1.29, 1.82) is 0 Å². The molecule has 0 aliphatic rings. The standard InChI is InChI=1S/C15H15Cl2NO2/c1-2-11-4-5-12(20-11)6-8-15(19)18-14-9-10(16)3-7-13(14)17/h3-5,7,9H,2,6,8H2,1H3,(H,18,19). The molecule has 0 saturated heterocycles. The Morgan fingerprint density at radius 2 is 1.95 bits per heavy atom. The van der Waals surface area contributed by atoms with E-state index in [2.05, 4.69) is 5.32 Å². The van der Waals surface area contributed by atoms with Gasteiger partial charge in [0.15, 0.2) is 0 Å². The fraction of sp³-hybridized carbons (Fsp3) is 0.267. The Morgan fingerprint density at radius 1 is 1.20 bits per heavy atom. The molecule has 2 aromatic rings. The van der Waals surface area contributed by atoms with Crippen LogP contribution in [0.1, 0.15) is 24.9 Å². The number of hydrogen-bond acceptors (Lipinski definition) is 2. The molecule has 20 heavy (non-hydrogen) atoms. The lowest BCUT2D eigenvalue weighted by atomic mass is 10.2. The van der Waals surface area contributed by atoms with Gasteiger partial charge in [0.2, 0.25) is 5.91 Å². The van der Waals surface area contributed by atoms with Gasteiger partial charge in [0, 0.05) is 24.3 Å². The van der Waals surface area contributed by atoms with E-state index in [9.17, 15) is 4.79 Å². The highest BCUT2D eigenvalue weighted by molar-refractivity contribution is 6.35. The molecule has 0 radical (unpaired) electrons. The van der Waals surface area contributed by atoms with Crippen LogP contribution in [0.15, 0.2) is 34.7 Å². The van der Waals surface area contributed by atoms with Gasteiger partial charge in [-0.25, -0.2) is 0 Å². The van der Waals surface area contributed by atoms with Crippen molar-refractivity contribution in [1.82, 2.24) is 0 Å². The molecule has 0 saturated carbocycles. The third kappa shape index (κ3) is 4.02. The number of furan rings is 1. The predicted molar refractivity (Wildman–Crippen MR) is 81.5 cm³/mol. The Hall–Kier alpha value is -1.45. The molecule has 1 heterocycles. The Kier molecular flexibility index (Phi) is 5.10. The summed E-state index contributed by atoms with van der Waals surface area (Å²) < 4.78 is 5.55. The molecule has 0 unspecified atom stereocenters. The van der Waals surface area contributed by atoms with Crippen LogP contribution < -0.4 is 5.32 Å².